The molecule has 0 heterocycles. The Labute approximate surface area is 136 Å². The van der Waals surface area contributed by atoms with Gasteiger partial charge in [0.05, 0.1) is 13.2 Å². The Morgan fingerprint density at radius 3 is 2.57 bits per heavy atom. The van der Waals surface area contributed by atoms with E-state index >= 15 is 0 Å². The molecule has 1 rings (SSSR count). The van der Waals surface area contributed by atoms with Gasteiger partial charge in [-0.15, -0.1) is 0 Å². The smallest absolute Gasteiger partial charge is 0.407 e. The van der Waals surface area contributed by atoms with E-state index in [2.05, 4.69) is 5.32 Å². The SMILES string of the molecule is COc1cccc(C(O)C(CCN)NC(=O)OC(C)(C)C)c1O. The summed E-state index contributed by atoms with van der Waals surface area (Å²) in [5.41, 5.74) is 5.15. The van der Waals surface area contributed by atoms with Gasteiger partial charge in [-0.25, -0.2) is 4.79 Å². The van der Waals surface area contributed by atoms with Crippen LogP contribution in [0.1, 0.15) is 38.9 Å². The fraction of sp³-hybridized carbons (Fsp3) is 0.562. The number of amides is 1. The second-order valence-electron chi connectivity index (χ2n) is 6.17. The van der Waals surface area contributed by atoms with Crippen molar-refractivity contribution in [2.75, 3.05) is 13.7 Å². The molecule has 23 heavy (non-hydrogen) atoms. The maximum Gasteiger partial charge on any atom is 0.407 e. The highest BCUT2D eigenvalue weighted by Crippen LogP contribution is 2.35. The normalized spacial score (nSPS) is 14.0. The molecule has 0 fully saturated rings. The van der Waals surface area contributed by atoms with Crippen LogP contribution in [0.2, 0.25) is 0 Å². The number of para-hydroxylation sites is 1. The third kappa shape index (κ3) is 5.61. The maximum absolute atomic E-state index is 11.9. The Balaban J connectivity index is 2.94. The second kappa shape index (κ2) is 8.03. The van der Waals surface area contributed by atoms with Gasteiger partial charge >= 0.3 is 6.09 Å². The van der Waals surface area contributed by atoms with Crippen molar-refractivity contribution in [2.45, 2.75) is 44.9 Å². The number of carbonyl (C=O) groups excluding carboxylic acids is 1. The van der Waals surface area contributed by atoms with Crippen molar-refractivity contribution >= 4 is 6.09 Å². The van der Waals surface area contributed by atoms with E-state index in [1.54, 1.807) is 39.0 Å². The number of carbonyl (C=O) groups is 1. The Morgan fingerprint density at radius 2 is 2.04 bits per heavy atom. The van der Waals surface area contributed by atoms with Crippen LogP contribution in [0.5, 0.6) is 11.5 Å². The summed E-state index contributed by atoms with van der Waals surface area (Å²) in [5.74, 6) is 0.0702. The van der Waals surface area contributed by atoms with E-state index < -0.39 is 23.8 Å². The summed E-state index contributed by atoms with van der Waals surface area (Å²) in [5, 5.41) is 23.2. The fourth-order valence-corrected chi connectivity index (χ4v) is 2.11. The minimum absolute atomic E-state index is 0.171. The number of methoxy groups -OCH3 is 1. The fourth-order valence-electron chi connectivity index (χ4n) is 2.11. The lowest BCUT2D eigenvalue weighted by Gasteiger charge is -2.27. The van der Waals surface area contributed by atoms with Gasteiger partial charge in [0.1, 0.15) is 11.7 Å². The number of phenols is 1. The Morgan fingerprint density at radius 1 is 1.39 bits per heavy atom. The van der Waals surface area contributed by atoms with Gasteiger partial charge in [0.15, 0.2) is 11.5 Å². The van der Waals surface area contributed by atoms with Crippen molar-refractivity contribution in [3.63, 3.8) is 0 Å². The molecule has 1 aromatic carbocycles. The Bertz CT molecular complexity index is 528. The van der Waals surface area contributed by atoms with E-state index in [1.807, 2.05) is 0 Å². The predicted molar refractivity (Wildman–Crippen MR) is 86.4 cm³/mol. The van der Waals surface area contributed by atoms with Crippen molar-refractivity contribution in [1.82, 2.24) is 5.32 Å². The van der Waals surface area contributed by atoms with Gasteiger partial charge in [0, 0.05) is 5.56 Å². The summed E-state index contributed by atoms with van der Waals surface area (Å²) in [6, 6.07) is 4.07. The first kappa shape index (κ1) is 19.1. The summed E-state index contributed by atoms with van der Waals surface area (Å²) >= 11 is 0. The van der Waals surface area contributed by atoms with Crippen LogP contribution >= 0.6 is 0 Å². The molecular formula is C16H26N2O5. The van der Waals surface area contributed by atoms with Crippen LogP contribution in [0.15, 0.2) is 18.2 Å². The number of hydrogen-bond acceptors (Lipinski definition) is 6. The van der Waals surface area contributed by atoms with Gasteiger partial charge in [-0.2, -0.15) is 0 Å². The summed E-state index contributed by atoms with van der Waals surface area (Å²) in [6.07, 6.45) is -1.49. The number of nitrogens with one attached hydrogen (secondary N) is 1. The van der Waals surface area contributed by atoms with E-state index in [9.17, 15) is 15.0 Å². The molecule has 7 heteroatoms. The van der Waals surface area contributed by atoms with E-state index in [0.717, 1.165) is 0 Å². The number of phenolic OH excluding ortho intramolecular Hbond substituents is 1. The molecule has 130 valence electrons. The highest BCUT2D eigenvalue weighted by molar-refractivity contribution is 5.68. The van der Waals surface area contributed by atoms with Crippen LogP contribution in [0.4, 0.5) is 4.79 Å². The van der Waals surface area contributed by atoms with Gasteiger partial charge in [-0.05, 0) is 39.8 Å². The molecule has 0 radical (unpaired) electrons. The minimum Gasteiger partial charge on any atom is -0.504 e. The van der Waals surface area contributed by atoms with Crippen LogP contribution < -0.4 is 15.8 Å². The van der Waals surface area contributed by atoms with Crippen molar-refractivity contribution in [1.29, 1.82) is 0 Å². The third-order valence-electron chi connectivity index (χ3n) is 3.13. The van der Waals surface area contributed by atoms with Crippen LogP contribution in [0.3, 0.4) is 0 Å². The molecule has 2 unspecified atom stereocenters. The molecule has 0 aliphatic carbocycles. The Kier molecular flexibility index (Phi) is 6.65. The number of rotatable bonds is 6. The van der Waals surface area contributed by atoms with Crippen molar-refractivity contribution < 1.29 is 24.5 Å². The van der Waals surface area contributed by atoms with Crippen LogP contribution in [0.25, 0.3) is 0 Å². The topological polar surface area (TPSA) is 114 Å². The third-order valence-corrected chi connectivity index (χ3v) is 3.13. The summed E-state index contributed by atoms with van der Waals surface area (Å²) < 4.78 is 10.2. The zero-order valence-electron chi connectivity index (χ0n) is 14.0. The van der Waals surface area contributed by atoms with Crippen molar-refractivity contribution in [2.24, 2.45) is 5.73 Å². The maximum atomic E-state index is 11.9. The first-order chi connectivity index (χ1) is 10.7. The highest BCUT2D eigenvalue weighted by atomic mass is 16.6. The zero-order chi connectivity index (χ0) is 17.6. The van der Waals surface area contributed by atoms with E-state index in [0.29, 0.717) is 6.42 Å². The average Bonchev–Trinajstić information content (AvgIpc) is 2.44. The number of aliphatic hydroxyl groups is 1. The number of aliphatic hydroxyl groups excluding tert-OH is 1. The summed E-state index contributed by atoms with van der Waals surface area (Å²) in [4.78, 5) is 11.9. The number of benzene rings is 1. The predicted octanol–water partition coefficient (Wildman–Crippen LogP) is 1.68. The standard InChI is InChI=1S/C16H26N2O5/c1-16(2,3)23-15(21)18-11(8-9-17)13(19)10-6-5-7-12(22-4)14(10)20/h5-7,11,13,19-20H,8-9,17H2,1-4H3,(H,18,21). The van der Waals surface area contributed by atoms with Gasteiger partial charge in [-0.3, -0.25) is 0 Å². The number of alkyl carbamates (subject to hydrolysis) is 1. The zero-order valence-corrected chi connectivity index (χ0v) is 14.0. The molecule has 0 saturated carbocycles. The van der Waals surface area contributed by atoms with Crippen molar-refractivity contribution in [3.05, 3.63) is 23.8 Å². The van der Waals surface area contributed by atoms with Gasteiger partial charge < -0.3 is 30.7 Å². The van der Waals surface area contributed by atoms with E-state index in [4.69, 9.17) is 15.2 Å². The quantitative estimate of drug-likeness (QED) is 0.632. The van der Waals surface area contributed by atoms with E-state index in [1.165, 1.54) is 7.11 Å². The number of hydrogen-bond donors (Lipinski definition) is 4. The summed E-state index contributed by atoms with van der Waals surface area (Å²) in [6.45, 7) is 5.49. The van der Waals surface area contributed by atoms with Crippen LogP contribution in [-0.4, -0.2) is 41.6 Å². The number of aromatic hydroxyl groups is 1. The molecule has 0 aliphatic rings. The molecule has 1 aromatic rings. The largest absolute Gasteiger partial charge is 0.504 e. The van der Waals surface area contributed by atoms with Gasteiger partial charge in [0.25, 0.3) is 0 Å². The molecule has 0 aromatic heterocycles. The summed E-state index contributed by atoms with van der Waals surface area (Å²) in [7, 11) is 1.42. The average molecular weight is 326 g/mol. The first-order valence-electron chi connectivity index (χ1n) is 7.43. The molecule has 2 atom stereocenters. The monoisotopic (exact) mass is 326 g/mol. The molecule has 0 aliphatic heterocycles. The van der Waals surface area contributed by atoms with Gasteiger partial charge in [-0.1, -0.05) is 12.1 Å². The molecular weight excluding hydrogens is 300 g/mol. The molecule has 0 saturated heterocycles. The van der Waals surface area contributed by atoms with Gasteiger partial charge in [0.2, 0.25) is 0 Å². The lowest BCUT2D eigenvalue weighted by Crippen LogP contribution is -2.43. The second-order valence-corrected chi connectivity index (χ2v) is 6.17. The number of nitrogens with two attached hydrogens (primary N) is 1. The lowest BCUT2D eigenvalue weighted by atomic mass is 9.98. The molecule has 1 amide bonds. The molecule has 0 spiro atoms. The van der Waals surface area contributed by atoms with Crippen LogP contribution in [0, 0.1) is 0 Å². The van der Waals surface area contributed by atoms with Crippen molar-refractivity contribution in [3.8, 4) is 11.5 Å². The Hall–Kier alpha value is -1.99. The lowest BCUT2D eigenvalue weighted by molar-refractivity contribution is 0.0412. The van der Waals surface area contributed by atoms with E-state index in [-0.39, 0.29) is 23.6 Å². The highest BCUT2D eigenvalue weighted by Gasteiger charge is 2.27. The first-order valence-corrected chi connectivity index (χ1v) is 7.43. The number of ether oxygens (including phenoxy) is 2. The molecule has 7 nitrogen and oxygen atoms in total. The minimum atomic E-state index is -1.15. The van der Waals surface area contributed by atoms with Crippen LogP contribution in [-0.2, 0) is 4.74 Å². The molecule has 0 bridgehead atoms. The molecule has 5 N–H and O–H groups in total.